The summed E-state index contributed by atoms with van der Waals surface area (Å²) in [7, 11) is 0. The number of nitrogens with two attached hydrogens (primary N) is 1. The Balaban J connectivity index is 1.93. The number of halogens is 3. The molecule has 1 fully saturated rings. The first-order valence-corrected chi connectivity index (χ1v) is 7.66. The molecular formula is C13H18F3N3OS. The van der Waals surface area contributed by atoms with Crippen LogP contribution in [0, 0.1) is 5.92 Å². The topological polar surface area (TPSA) is 68.0 Å². The van der Waals surface area contributed by atoms with Gasteiger partial charge in [-0.2, -0.15) is 13.2 Å². The third kappa shape index (κ3) is 3.94. The van der Waals surface area contributed by atoms with E-state index in [1.807, 2.05) is 6.92 Å². The highest BCUT2D eigenvalue weighted by Crippen LogP contribution is 2.32. The second-order valence-corrected chi connectivity index (χ2v) is 6.59. The van der Waals surface area contributed by atoms with Gasteiger partial charge in [-0.15, -0.1) is 11.3 Å². The van der Waals surface area contributed by atoms with Crippen LogP contribution < -0.4 is 11.1 Å². The van der Waals surface area contributed by atoms with Crippen LogP contribution in [0.1, 0.15) is 43.3 Å². The van der Waals surface area contributed by atoms with Crippen molar-refractivity contribution in [1.29, 1.82) is 0 Å². The van der Waals surface area contributed by atoms with E-state index < -0.39 is 17.4 Å². The summed E-state index contributed by atoms with van der Waals surface area (Å²) in [6.45, 7) is 1.85. The molecule has 2 rings (SSSR count). The zero-order valence-electron chi connectivity index (χ0n) is 11.7. The summed E-state index contributed by atoms with van der Waals surface area (Å²) < 4.78 is 37.3. The van der Waals surface area contributed by atoms with Gasteiger partial charge in [0.05, 0.1) is 12.5 Å². The van der Waals surface area contributed by atoms with Crippen molar-refractivity contribution in [3.05, 3.63) is 16.1 Å². The molecule has 4 nitrogen and oxygen atoms in total. The lowest BCUT2D eigenvalue weighted by Gasteiger charge is -2.37. The number of rotatable bonds is 3. The van der Waals surface area contributed by atoms with Crippen molar-refractivity contribution in [2.75, 3.05) is 0 Å². The SMILES string of the molecule is CC1(N)CCCCC1C(=O)NCc1nc(C(F)(F)F)cs1. The molecule has 2 atom stereocenters. The number of carbonyl (C=O) groups is 1. The fourth-order valence-electron chi connectivity index (χ4n) is 2.60. The van der Waals surface area contributed by atoms with Crippen LogP contribution in [0.3, 0.4) is 0 Å². The zero-order valence-corrected chi connectivity index (χ0v) is 12.5. The molecule has 1 amide bonds. The summed E-state index contributed by atoms with van der Waals surface area (Å²) in [6.07, 6.45) is -1.01. The summed E-state index contributed by atoms with van der Waals surface area (Å²) in [5.41, 5.74) is 4.66. The van der Waals surface area contributed by atoms with Gasteiger partial charge in [0.1, 0.15) is 5.01 Å². The lowest BCUT2D eigenvalue weighted by molar-refractivity contribution is -0.140. The van der Waals surface area contributed by atoms with E-state index in [2.05, 4.69) is 10.3 Å². The molecule has 1 saturated carbocycles. The van der Waals surface area contributed by atoms with E-state index >= 15 is 0 Å². The number of amides is 1. The van der Waals surface area contributed by atoms with Crippen molar-refractivity contribution < 1.29 is 18.0 Å². The van der Waals surface area contributed by atoms with Gasteiger partial charge < -0.3 is 11.1 Å². The number of alkyl halides is 3. The highest BCUT2D eigenvalue weighted by Gasteiger charge is 2.38. The quantitative estimate of drug-likeness (QED) is 0.899. The van der Waals surface area contributed by atoms with Gasteiger partial charge in [0.25, 0.3) is 0 Å². The minimum absolute atomic E-state index is 0.00611. The molecule has 0 aliphatic heterocycles. The zero-order chi connectivity index (χ0) is 15.7. The maximum atomic E-state index is 12.4. The predicted octanol–water partition coefficient (Wildman–Crippen LogP) is 2.69. The Labute approximate surface area is 124 Å². The molecule has 1 aromatic heterocycles. The average Bonchev–Trinajstić information content (AvgIpc) is 2.84. The molecule has 1 aliphatic carbocycles. The first-order chi connectivity index (χ1) is 9.70. The second kappa shape index (κ2) is 5.92. The number of thiazole rings is 1. The summed E-state index contributed by atoms with van der Waals surface area (Å²) in [4.78, 5) is 15.6. The maximum Gasteiger partial charge on any atom is 0.434 e. The lowest BCUT2D eigenvalue weighted by Crippen LogP contribution is -2.52. The van der Waals surface area contributed by atoms with E-state index in [-0.39, 0.29) is 23.4 Å². The van der Waals surface area contributed by atoms with Crippen molar-refractivity contribution in [3.8, 4) is 0 Å². The fraction of sp³-hybridized carbons (Fsp3) is 0.692. The number of aromatic nitrogens is 1. The molecule has 1 aliphatic rings. The van der Waals surface area contributed by atoms with Gasteiger partial charge in [-0.1, -0.05) is 12.8 Å². The number of carbonyl (C=O) groups excluding carboxylic acids is 1. The molecule has 0 aromatic carbocycles. The van der Waals surface area contributed by atoms with Crippen molar-refractivity contribution in [2.24, 2.45) is 11.7 Å². The molecule has 21 heavy (non-hydrogen) atoms. The van der Waals surface area contributed by atoms with Gasteiger partial charge in [0, 0.05) is 10.9 Å². The minimum atomic E-state index is -4.45. The first kappa shape index (κ1) is 16.2. The van der Waals surface area contributed by atoms with Gasteiger partial charge in [-0.25, -0.2) is 4.98 Å². The van der Waals surface area contributed by atoms with Gasteiger partial charge in [-0.3, -0.25) is 4.79 Å². The molecule has 0 spiro atoms. The predicted molar refractivity (Wildman–Crippen MR) is 73.5 cm³/mol. The molecule has 0 radical (unpaired) electrons. The van der Waals surface area contributed by atoms with Gasteiger partial charge in [-0.05, 0) is 19.8 Å². The molecule has 1 heterocycles. The van der Waals surface area contributed by atoms with Crippen molar-refractivity contribution >= 4 is 17.2 Å². The van der Waals surface area contributed by atoms with E-state index in [4.69, 9.17) is 5.73 Å². The summed E-state index contributed by atoms with van der Waals surface area (Å²) in [5.74, 6) is -0.503. The Kier molecular flexibility index (Phi) is 4.57. The smallest absolute Gasteiger partial charge is 0.349 e. The molecule has 3 N–H and O–H groups in total. The number of hydrogen-bond donors (Lipinski definition) is 2. The number of nitrogens with zero attached hydrogens (tertiary/aromatic N) is 1. The van der Waals surface area contributed by atoms with Crippen LogP contribution in [0.4, 0.5) is 13.2 Å². The Morgan fingerprint density at radius 3 is 2.86 bits per heavy atom. The van der Waals surface area contributed by atoms with E-state index in [0.29, 0.717) is 6.42 Å². The molecule has 0 saturated heterocycles. The van der Waals surface area contributed by atoms with Crippen molar-refractivity contribution in [3.63, 3.8) is 0 Å². The summed E-state index contributed by atoms with van der Waals surface area (Å²) >= 11 is 0.888. The Morgan fingerprint density at radius 2 is 2.29 bits per heavy atom. The molecule has 0 bridgehead atoms. The average molecular weight is 321 g/mol. The van der Waals surface area contributed by atoms with Gasteiger partial charge in [0.15, 0.2) is 5.69 Å². The third-order valence-corrected chi connectivity index (χ3v) is 4.68. The monoisotopic (exact) mass is 321 g/mol. The van der Waals surface area contributed by atoms with Crippen molar-refractivity contribution in [1.82, 2.24) is 10.3 Å². The normalized spacial score (nSPS) is 26.6. The van der Waals surface area contributed by atoms with E-state index in [1.54, 1.807) is 0 Å². The standard InChI is InChI=1S/C13H18F3N3OS/c1-12(17)5-3-2-4-8(12)11(20)18-6-10-19-9(7-21-10)13(14,15)16/h7-8H,2-6,17H2,1H3,(H,18,20). The Morgan fingerprint density at radius 1 is 1.57 bits per heavy atom. The lowest BCUT2D eigenvalue weighted by atomic mass is 9.74. The highest BCUT2D eigenvalue weighted by molar-refractivity contribution is 7.09. The molecule has 1 aromatic rings. The number of nitrogens with one attached hydrogen (secondary N) is 1. The van der Waals surface area contributed by atoms with Crippen molar-refractivity contribution in [2.45, 2.75) is 50.9 Å². The van der Waals surface area contributed by atoms with Crippen LogP contribution >= 0.6 is 11.3 Å². The molecular weight excluding hydrogens is 303 g/mol. The fourth-order valence-corrected chi connectivity index (χ4v) is 3.34. The molecule has 8 heteroatoms. The van der Waals surface area contributed by atoms with Crippen LogP contribution in [-0.4, -0.2) is 16.4 Å². The van der Waals surface area contributed by atoms with Gasteiger partial charge in [0.2, 0.25) is 5.91 Å². The Bertz CT molecular complexity index is 513. The van der Waals surface area contributed by atoms with Crippen LogP contribution in [0.5, 0.6) is 0 Å². The van der Waals surface area contributed by atoms with Crippen LogP contribution in [0.2, 0.25) is 0 Å². The second-order valence-electron chi connectivity index (χ2n) is 5.65. The first-order valence-electron chi connectivity index (χ1n) is 6.78. The molecule has 2 unspecified atom stereocenters. The van der Waals surface area contributed by atoms with E-state index in [1.165, 1.54) is 0 Å². The van der Waals surface area contributed by atoms with Crippen LogP contribution in [0.15, 0.2) is 5.38 Å². The van der Waals surface area contributed by atoms with Crippen LogP contribution in [0.25, 0.3) is 0 Å². The molecule has 118 valence electrons. The summed E-state index contributed by atoms with van der Waals surface area (Å²) in [5, 5.41) is 3.85. The number of hydrogen-bond acceptors (Lipinski definition) is 4. The summed E-state index contributed by atoms with van der Waals surface area (Å²) in [6, 6.07) is 0. The van der Waals surface area contributed by atoms with Crippen LogP contribution in [-0.2, 0) is 17.5 Å². The highest BCUT2D eigenvalue weighted by atomic mass is 32.1. The third-order valence-electron chi connectivity index (χ3n) is 3.83. The van der Waals surface area contributed by atoms with Gasteiger partial charge >= 0.3 is 6.18 Å². The van der Waals surface area contributed by atoms with E-state index in [9.17, 15) is 18.0 Å². The minimum Gasteiger partial charge on any atom is -0.349 e. The van der Waals surface area contributed by atoms with E-state index in [0.717, 1.165) is 36.0 Å². The largest absolute Gasteiger partial charge is 0.434 e. The maximum absolute atomic E-state index is 12.4. The Hall–Kier alpha value is -1.15.